The molecule has 1 aromatic rings. The van der Waals surface area contributed by atoms with Gasteiger partial charge in [0.25, 0.3) is 0 Å². The van der Waals surface area contributed by atoms with Crippen LogP contribution < -0.4 is 10.0 Å². The Kier molecular flexibility index (Phi) is 5.22. The first-order valence-corrected chi connectivity index (χ1v) is 9.45. The molecule has 1 fully saturated rings. The Balaban J connectivity index is 2.09. The molecule has 2 atom stereocenters. The van der Waals surface area contributed by atoms with Crippen LogP contribution in [-0.4, -0.2) is 42.5 Å². The first-order valence-electron chi connectivity index (χ1n) is 6.68. The molecule has 0 radical (unpaired) electrons. The van der Waals surface area contributed by atoms with Crippen molar-refractivity contribution in [3.8, 4) is 0 Å². The summed E-state index contributed by atoms with van der Waals surface area (Å²) in [5.74, 6) is 0.439. The van der Waals surface area contributed by atoms with Gasteiger partial charge in [-0.15, -0.1) is 0 Å². The summed E-state index contributed by atoms with van der Waals surface area (Å²) in [7, 11) is -3.53. The van der Waals surface area contributed by atoms with Crippen molar-refractivity contribution in [2.24, 2.45) is 0 Å². The van der Waals surface area contributed by atoms with Crippen LogP contribution in [0.4, 0.5) is 5.95 Å². The van der Waals surface area contributed by atoms with Crippen LogP contribution in [0, 0.1) is 0 Å². The van der Waals surface area contributed by atoms with Crippen molar-refractivity contribution in [2.75, 3.05) is 18.1 Å². The van der Waals surface area contributed by atoms with Crippen LogP contribution in [0.1, 0.15) is 26.2 Å². The van der Waals surface area contributed by atoms with Gasteiger partial charge in [0.05, 0.1) is 12.4 Å². The lowest BCUT2D eigenvalue weighted by molar-refractivity contribution is 0.554. The number of nitrogens with one attached hydrogen (secondary N) is 2. The second kappa shape index (κ2) is 6.73. The molecule has 0 amide bonds. The van der Waals surface area contributed by atoms with Gasteiger partial charge < -0.3 is 5.32 Å². The smallest absolute Gasteiger partial charge is 0.243 e. The molecular weight excluding hydrogens is 296 g/mol. The first kappa shape index (κ1) is 15.5. The van der Waals surface area contributed by atoms with Crippen molar-refractivity contribution in [1.82, 2.24) is 14.7 Å². The molecule has 1 aliphatic carbocycles. The lowest BCUT2D eigenvalue weighted by atomic mass is 10.3. The zero-order chi connectivity index (χ0) is 14.6. The molecule has 112 valence electrons. The average Bonchev–Trinajstić information content (AvgIpc) is 2.86. The molecule has 1 aliphatic rings. The number of aromatic nitrogens is 2. The first-order chi connectivity index (χ1) is 9.56. The topological polar surface area (TPSA) is 84.0 Å². The third kappa shape index (κ3) is 3.62. The van der Waals surface area contributed by atoms with E-state index in [0.717, 1.165) is 19.3 Å². The summed E-state index contributed by atoms with van der Waals surface area (Å²) in [5, 5.41) is 3.29. The molecule has 8 heteroatoms. The van der Waals surface area contributed by atoms with Crippen LogP contribution in [0.25, 0.3) is 0 Å². The van der Waals surface area contributed by atoms with E-state index in [-0.39, 0.29) is 10.9 Å². The quantitative estimate of drug-likeness (QED) is 0.827. The van der Waals surface area contributed by atoms with Crippen LogP contribution >= 0.6 is 11.8 Å². The van der Waals surface area contributed by atoms with Gasteiger partial charge >= 0.3 is 0 Å². The molecular formula is C12H20N4O2S2. The molecule has 0 aromatic carbocycles. The van der Waals surface area contributed by atoms with Crippen molar-refractivity contribution < 1.29 is 8.42 Å². The fourth-order valence-electron chi connectivity index (χ4n) is 2.31. The summed E-state index contributed by atoms with van der Waals surface area (Å²) in [6.45, 7) is 2.63. The van der Waals surface area contributed by atoms with E-state index in [0.29, 0.717) is 17.7 Å². The van der Waals surface area contributed by atoms with Gasteiger partial charge in [-0.2, -0.15) is 11.8 Å². The molecule has 1 heterocycles. The zero-order valence-electron chi connectivity index (χ0n) is 11.7. The fourth-order valence-corrected chi connectivity index (χ4v) is 4.54. The SMILES string of the molecule is CCNc1ncc(S(=O)(=O)NC2CCCC2SC)cn1. The maximum absolute atomic E-state index is 12.3. The number of thioether (sulfide) groups is 1. The highest BCUT2D eigenvalue weighted by molar-refractivity contribution is 7.99. The molecule has 0 bridgehead atoms. The summed E-state index contributed by atoms with van der Waals surface area (Å²) in [6.07, 6.45) is 7.72. The van der Waals surface area contributed by atoms with E-state index >= 15 is 0 Å². The summed E-state index contributed by atoms with van der Waals surface area (Å²) < 4.78 is 27.4. The minimum atomic E-state index is -3.53. The molecule has 1 aromatic heterocycles. The van der Waals surface area contributed by atoms with Gasteiger partial charge in [-0.3, -0.25) is 0 Å². The highest BCUT2D eigenvalue weighted by atomic mass is 32.2. The predicted octanol–water partition coefficient (Wildman–Crippen LogP) is 1.47. The van der Waals surface area contributed by atoms with Crippen molar-refractivity contribution in [1.29, 1.82) is 0 Å². The highest BCUT2D eigenvalue weighted by Gasteiger charge is 2.30. The maximum Gasteiger partial charge on any atom is 0.243 e. The molecule has 1 saturated carbocycles. The summed E-state index contributed by atoms with van der Waals surface area (Å²) >= 11 is 1.72. The molecule has 0 saturated heterocycles. The van der Waals surface area contributed by atoms with E-state index in [2.05, 4.69) is 20.0 Å². The molecule has 6 nitrogen and oxygen atoms in total. The molecule has 0 spiro atoms. The molecule has 20 heavy (non-hydrogen) atoms. The largest absolute Gasteiger partial charge is 0.355 e. The monoisotopic (exact) mass is 316 g/mol. The van der Waals surface area contributed by atoms with Gasteiger partial charge in [-0.05, 0) is 26.0 Å². The van der Waals surface area contributed by atoms with Crippen LogP contribution in [0.2, 0.25) is 0 Å². The lowest BCUT2D eigenvalue weighted by Gasteiger charge is -2.18. The zero-order valence-corrected chi connectivity index (χ0v) is 13.3. The maximum atomic E-state index is 12.3. The van der Waals surface area contributed by atoms with Crippen molar-refractivity contribution in [2.45, 2.75) is 42.4 Å². The molecule has 2 rings (SSSR count). The third-order valence-corrected chi connectivity index (χ3v) is 5.95. The second-order valence-corrected chi connectivity index (χ2v) is 7.50. The van der Waals surface area contributed by atoms with E-state index in [1.54, 1.807) is 11.8 Å². The number of rotatable bonds is 6. The highest BCUT2D eigenvalue weighted by Crippen LogP contribution is 2.29. The van der Waals surface area contributed by atoms with Crippen molar-refractivity contribution in [3.63, 3.8) is 0 Å². The van der Waals surface area contributed by atoms with Crippen molar-refractivity contribution in [3.05, 3.63) is 12.4 Å². The molecule has 2 N–H and O–H groups in total. The Labute approximate surface area is 124 Å². The van der Waals surface area contributed by atoms with Gasteiger partial charge in [0.1, 0.15) is 4.90 Å². The standard InChI is InChI=1S/C12H20N4O2S2/c1-3-13-12-14-7-9(8-15-12)20(17,18)16-10-5-4-6-11(10)19-2/h7-8,10-11,16H,3-6H2,1-2H3,(H,13,14,15). The number of hydrogen-bond acceptors (Lipinski definition) is 6. The van der Waals surface area contributed by atoms with Gasteiger partial charge in [-0.25, -0.2) is 23.1 Å². The number of anilines is 1. The molecule has 0 aliphatic heterocycles. The van der Waals surface area contributed by atoms with E-state index in [1.165, 1.54) is 12.4 Å². The number of nitrogens with zero attached hydrogens (tertiary/aromatic N) is 2. The van der Waals surface area contributed by atoms with Gasteiger partial charge in [0.2, 0.25) is 16.0 Å². The van der Waals surface area contributed by atoms with Crippen LogP contribution in [0.3, 0.4) is 0 Å². The van der Waals surface area contributed by atoms with E-state index in [9.17, 15) is 8.42 Å². The lowest BCUT2D eigenvalue weighted by Crippen LogP contribution is -2.38. The van der Waals surface area contributed by atoms with E-state index < -0.39 is 10.0 Å². The second-order valence-electron chi connectivity index (χ2n) is 4.71. The van der Waals surface area contributed by atoms with Crippen molar-refractivity contribution >= 4 is 27.7 Å². The molecule has 2 unspecified atom stereocenters. The predicted molar refractivity (Wildman–Crippen MR) is 81.5 cm³/mol. The van der Waals surface area contributed by atoms with Gasteiger partial charge in [-0.1, -0.05) is 6.42 Å². The van der Waals surface area contributed by atoms with Crippen LogP contribution in [-0.2, 0) is 10.0 Å². The van der Waals surface area contributed by atoms with E-state index in [4.69, 9.17) is 0 Å². The number of sulfonamides is 1. The average molecular weight is 316 g/mol. The third-order valence-electron chi connectivity index (χ3n) is 3.34. The Morgan fingerprint density at radius 2 is 2.05 bits per heavy atom. The Morgan fingerprint density at radius 3 is 2.65 bits per heavy atom. The van der Waals surface area contributed by atoms with Gasteiger partial charge in [0, 0.05) is 17.8 Å². The Morgan fingerprint density at radius 1 is 1.35 bits per heavy atom. The van der Waals surface area contributed by atoms with Gasteiger partial charge in [0.15, 0.2) is 0 Å². The van der Waals surface area contributed by atoms with Crippen LogP contribution in [0.5, 0.6) is 0 Å². The Hall–Kier alpha value is -0.860. The summed E-state index contributed by atoms with van der Waals surface area (Å²) in [4.78, 5) is 8.12. The van der Waals surface area contributed by atoms with E-state index in [1.807, 2.05) is 13.2 Å². The Bertz CT molecular complexity index is 533. The van der Waals surface area contributed by atoms with Crippen LogP contribution in [0.15, 0.2) is 17.3 Å². The number of hydrogen-bond donors (Lipinski definition) is 2. The summed E-state index contributed by atoms with van der Waals surface area (Å²) in [5.41, 5.74) is 0. The minimum Gasteiger partial charge on any atom is -0.355 e. The summed E-state index contributed by atoms with van der Waals surface area (Å²) in [6, 6.07) is 0.00319. The minimum absolute atomic E-state index is 0.00319. The fraction of sp³-hybridized carbons (Fsp3) is 0.667. The normalized spacial score (nSPS) is 22.9.